The molecule has 0 aliphatic heterocycles. The largest absolute Gasteiger partial charge is 0.591 e. The van der Waals surface area contributed by atoms with Crippen LogP contribution in [-0.4, -0.2) is 11.1 Å². The molecule has 0 aromatic rings. The zero-order valence-electron chi connectivity index (χ0n) is 4.70. The van der Waals surface area contributed by atoms with Gasteiger partial charge in [-0.25, -0.2) is 4.79 Å². The fraction of sp³-hybridized carbons (Fsp3) is 0.250. The van der Waals surface area contributed by atoms with Gasteiger partial charge in [0.25, 0.3) is 5.31 Å². The number of carboxylic acid groups (broad SMARTS) is 1. The van der Waals surface area contributed by atoms with E-state index >= 15 is 0 Å². The Morgan fingerprint density at radius 3 is 2.22 bits per heavy atom. The number of allylic oxidation sites excluding steroid dienone is 1. The second kappa shape index (κ2) is 3.33. The van der Waals surface area contributed by atoms with Crippen molar-refractivity contribution in [2.75, 3.05) is 0 Å². The van der Waals surface area contributed by atoms with Gasteiger partial charge in [-0.3, -0.25) is 0 Å². The van der Waals surface area contributed by atoms with Gasteiger partial charge in [0.2, 0.25) is 0 Å². The first kappa shape index (κ1) is 8.27. The van der Waals surface area contributed by atoms with Crippen molar-refractivity contribution < 1.29 is 19.4 Å². The molecular formula is C4H5O4P. The average Bonchev–Trinajstić information content (AvgIpc) is 1.64. The summed E-state index contributed by atoms with van der Waals surface area (Å²) >= 11 is 0. The van der Waals surface area contributed by atoms with E-state index in [0.717, 1.165) is 6.08 Å². The van der Waals surface area contributed by atoms with Crippen molar-refractivity contribution in [3.8, 4) is 0 Å². The van der Waals surface area contributed by atoms with Crippen molar-refractivity contribution in [1.82, 2.24) is 0 Å². The van der Waals surface area contributed by atoms with Crippen molar-refractivity contribution in [3.05, 3.63) is 11.4 Å². The van der Waals surface area contributed by atoms with E-state index < -0.39 is 19.3 Å². The van der Waals surface area contributed by atoms with Gasteiger partial charge in [0.05, 0.1) is 0 Å². The van der Waals surface area contributed by atoms with E-state index in [-0.39, 0.29) is 0 Å². The smallest absolute Gasteiger partial charge is 0.382 e. The summed E-state index contributed by atoms with van der Waals surface area (Å²) < 4.78 is 9.96. The Balaban J connectivity index is 4.38. The molecule has 0 fully saturated rings. The Labute approximate surface area is 52.7 Å². The molecule has 0 spiro atoms. The summed E-state index contributed by atoms with van der Waals surface area (Å²) in [5.74, 6) is -1.41. The molecule has 50 valence electrons. The lowest BCUT2D eigenvalue weighted by Gasteiger charge is -1.85. The van der Waals surface area contributed by atoms with E-state index in [0.29, 0.717) is 0 Å². The van der Waals surface area contributed by atoms with E-state index in [1.54, 1.807) is 0 Å². The molecule has 0 aliphatic rings. The third-order valence-electron chi connectivity index (χ3n) is 0.689. The Morgan fingerprint density at radius 1 is 1.78 bits per heavy atom. The second-order valence-electron chi connectivity index (χ2n) is 1.24. The maximum atomic E-state index is 9.96. The molecule has 0 aromatic carbocycles. The van der Waals surface area contributed by atoms with Gasteiger partial charge < -0.3 is 10.00 Å². The van der Waals surface area contributed by atoms with E-state index in [9.17, 15) is 14.3 Å². The third kappa shape index (κ3) is 2.35. The van der Waals surface area contributed by atoms with Crippen LogP contribution < -0.4 is 4.89 Å². The molecule has 0 rings (SSSR count). The van der Waals surface area contributed by atoms with Crippen LogP contribution in [0.15, 0.2) is 11.4 Å². The minimum atomic E-state index is -2.94. The Kier molecular flexibility index (Phi) is 3.06. The molecule has 0 saturated carbocycles. The number of aliphatic carboxylic acids is 1. The number of carbonyl (C=O) groups is 1. The van der Waals surface area contributed by atoms with E-state index in [1.807, 2.05) is 0 Å². The summed E-state index contributed by atoms with van der Waals surface area (Å²) in [6.45, 7) is 1.36. The first-order valence-corrected chi connectivity index (χ1v) is 3.31. The van der Waals surface area contributed by atoms with Crippen molar-refractivity contribution in [2.24, 2.45) is 0 Å². The monoisotopic (exact) mass is 148 g/mol. The first-order chi connectivity index (χ1) is 4.09. The second-order valence-corrected chi connectivity index (χ2v) is 2.23. The van der Waals surface area contributed by atoms with Gasteiger partial charge >= 0.3 is 14.0 Å². The van der Waals surface area contributed by atoms with Crippen molar-refractivity contribution >= 4 is 14.0 Å². The van der Waals surface area contributed by atoms with Crippen LogP contribution in [0.4, 0.5) is 0 Å². The van der Waals surface area contributed by atoms with Crippen LogP contribution in [0.1, 0.15) is 6.92 Å². The molecule has 0 saturated heterocycles. The Bertz CT molecular complexity index is 155. The van der Waals surface area contributed by atoms with Crippen LogP contribution in [0.25, 0.3) is 0 Å². The molecule has 0 radical (unpaired) electrons. The van der Waals surface area contributed by atoms with Gasteiger partial charge in [0, 0.05) is 0 Å². The standard InChI is InChI=1S/C4H5O4P/c1-2-3(4(5)6)9(7)8/h2H,1H3,(H,5,6). The summed E-state index contributed by atoms with van der Waals surface area (Å²) in [4.78, 5) is 19.9. The number of hydrogen-bond donors (Lipinski definition) is 1. The van der Waals surface area contributed by atoms with Crippen molar-refractivity contribution in [3.63, 3.8) is 0 Å². The fourth-order valence-electron chi connectivity index (χ4n) is 0.307. The van der Waals surface area contributed by atoms with Gasteiger partial charge in [-0.1, -0.05) is 4.57 Å². The molecule has 1 N–H and O–H groups in total. The highest BCUT2D eigenvalue weighted by Crippen LogP contribution is 2.21. The first-order valence-electron chi connectivity index (χ1n) is 2.13. The van der Waals surface area contributed by atoms with Crippen molar-refractivity contribution in [2.45, 2.75) is 6.92 Å². The lowest BCUT2D eigenvalue weighted by Crippen LogP contribution is -2.01. The van der Waals surface area contributed by atoms with Crippen LogP contribution in [0.2, 0.25) is 0 Å². The lowest BCUT2D eigenvalue weighted by atomic mass is 10.5. The van der Waals surface area contributed by atoms with Gasteiger partial charge in [-0.2, -0.15) is 0 Å². The minimum Gasteiger partial charge on any atom is -0.591 e. The lowest BCUT2D eigenvalue weighted by molar-refractivity contribution is -0.163. The van der Waals surface area contributed by atoms with Gasteiger partial charge in [0.1, 0.15) is 0 Å². The highest BCUT2D eigenvalue weighted by molar-refractivity contribution is 7.43. The molecule has 0 aliphatic carbocycles. The zero-order valence-corrected chi connectivity index (χ0v) is 5.59. The molecule has 1 unspecified atom stereocenters. The topological polar surface area (TPSA) is 77.4 Å². The molecule has 0 amide bonds. The fourth-order valence-corrected chi connectivity index (χ4v) is 0.674. The van der Waals surface area contributed by atoms with E-state index in [4.69, 9.17) is 5.11 Å². The maximum absolute atomic E-state index is 9.96. The molecular weight excluding hydrogens is 143 g/mol. The van der Waals surface area contributed by atoms with Crippen LogP contribution in [0, 0.1) is 0 Å². The predicted molar refractivity (Wildman–Crippen MR) is 29.0 cm³/mol. The third-order valence-corrected chi connectivity index (χ3v) is 1.53. The molecule has 5 heteroatoms. The summed E-state index contributed by atoms with van der Waals surface area (Å²) in [5.41, 5.74) is 0. The summed E-state index contributed by atoms with van der Waals surface area (Å²) in [6.07, 6.45) is 1.04. The summed E-state index contributed by atoms with van der Waals surface area (Å²) in [5, 5.41) is 7.53. The SMILES string of the molecule is CC=C(C(=O)O)[P+](=O)[O-]. The predicted octanol–water partition coefficient (Wildman–Crippen LogP) is 0.0775. The molecule has 4 nitrogen and oxygen atoms in total. The minimum absolute atomic E-state index is 0.565. The number of hydrogen-bond acceptors (Lipinski definition) is 3. The number of carboxylic acids is 1. The van der Waals surface area contributed by atoms with Crippen LogP contribution in [0.5, 0.6) is 0 Å². The highest BCUT2D eigenvalue weighted by atomic mass is 31.1. The number of rotatable bonds is 2. The Morgan fingerprint density at radius 2 is 2.22 bits per heavy atom. The van der Waals surface area contributed by atoms with E-state index in [1.165, 1.54) is 6.92 Å². The molecule has 0 bridgehead atoms. The normalized spacial score (nSPS) is 13.1. The molecule has 9 heavy (non-hydrogen) atoms. The average molecular weight is 148 g/mol. The molecule has 0 heterocycles. The Hall–Kier alpha value is -0.730. The molecule has 0 aromatic heterocycles. The van der Waals surface area contributed by atoms with E-state index in [2.05, 4.69) is 0 Å². The quantitative estimate of drug-likeness (QED) is 0.444. The van der Waals surface area contributed by atoms with Crippen LogP contribution >= 0.6 is 8.03 Å². The van der Waals surface area contributed by atoms with Crippen LogP contribution in [0.3, 0.4) is 0 Å². The highest BCUT2D eigenvalue weighted by Gasteiger charge is 2.18. The maximum Gasteiger partial charge on any atom is 0.382 e. The zero-order chi connectivity index (χ0) is 7.44. The van der Waals surface area contributed by atoms with Gasteiger partial charge in [0.15, 0.2) is 0 Å². The summed E-state index contributed by atoms with van der Waals surface area (Å²) in [6, 6.07) is 0. The molecule has 1 atom stereocenters. The van der Waals surface area contributed by atoms with Crippen molar-refractivity contribution in [1.29, 1.82) is 0 Å². The van der Waals surface area contributed by atoms with Crippen LogP contribution in [-0.2, 0) is 9.36 Å². The van der Waals surface area contributed by atoms with Gasteiger partial charge in [-0.15, -0.1) is 0 Å². The summed E-state index contributed by atoms with van der Waals surface area (Å²) in [7, 11) is -2.94. The van der Waals surface area contributed by atoms with Gasteiger partial charge in [-0.05, 0) is 13.0 Å².